The Morgan fingerprint density at radius 2 is 1.91 bits per heavy atom. The number of rotatable bonds is 7. The smallest absolute Gasteiger partial charge is 0.336 e. The molecule has 4 rings (SSSR count). The Kier molecular flexibility index (Phi) is 7.72. The van der Waals surface area contributed by atoms with Gasteiger partial charge in [0, 0.05) is 42.3 Å². The van der Waals surface area contributed by atoms with Crippen LogP contribution in [0, 0.1) is 5.82 Å². The summed E-state index contributed by atoms with van der Waals surface area (Å²) < 4.78 is 30.3. The lowest BCUT2D eigenvalue weighted by Crippen LogP contribution is -2.36. The first-order valence-electron chi connectivity index (χ1n) is 11.3. The lowest BCUT2D eigenvalue weighted by Gasteiger charge is -2.37. The Hall–Kier alpha value is -2.97. The highest BCUT2D eigenvalue weighted by Gasteiger charge is 2.42. The maximum Gasteiger partial charge on any atom is 0.336 e. The van der Waals surface area contributed by atoms with Crippen molar-refractivity contribution in [1.29, 1.82) is 0 Å². The maximum absolute atomic E-state index is 14.1. The van der Waals surface area contributed by atoms with Gasteiger partial charge in [-0.1, -0.05) is 24.3 Å². The first-order valence-corrected chi connectivity index (χ1v) is 12.1. The number of hydrogen-bond acceptors (Lipinski definition) is 6. The van der Waals surface area contributed by atoms with Crippen molar-refractivity contribution >= 4 is 27.7 Å². The van der Waals surface area contributed by atoms with Crippen LogP contribution in [0.25, 0.3) is 0 Å². The zero-order chi connectivity index (χ0) is 25.1. The van der Waals surface area contributed by atoms with Gasteiger partial charge < -0.3 is 19.5 Å². The molecule has 2 aliphatic rings. The number of halogens is 2. The van der Waals surface area contributed by atoms with Crippen molar-refractivity contribution in [3.05, 3.63) is 86.4 Å². The fraction of sp³-hybridized carbons (Fsp3) is 0.333. The average Bonchev–Trinajstić information content (AvgIpc) is 2.84. The second-order valence-corrected chi connectivity index (χ2v) is 9.42. The number of hydrogen-bond donors (Lipinski definition) is 1. The third kappa shape index (κ3) is 5.04. The Labute approximate surface area is 212 Å². The number of ketones is 1. The van der Waals surface area contributed by atoms with Crippen molar-refractivity contribution in [2.45, 2.75) is 31.6 Å². The van der Waals surface area contributed by atoms with Gasteiger partial charge in [-0.2, -0.15) is 0 Å². The van der Waals surface area contributed by atoms with Gasteiger partial charge in [0.05, 0.1) is 23.8 Å². The van der Waals surface area contributed by atoms with Crippen molar-refractivity contribution in [1.82, 2.24) is 5.32 Å². The molecule has 0 saturated carbocycles. The van der Waals surface area contributed by atoms with Crippen molar-refractivity contribution in [2.24, 2.45) is 0 Å². The minimum Gasteiger partial charge on any atom is -0.496 e. The molecule has 184 valence electrons. The van der Waals surface area contributed by atoms with Crippen LogP contribution in [-0.2, 0) is 19.1 Å². The van der Waals surface area contributed by atoms with E-state index in [4.69, 9.17) is 14.2 Å². The van der Waals surface area contributed by atoms with E-state index in [1.54, 1.807) is 26.2 Å². The van der Waals surface area contributed by atoms with Gasteiger partial charge in [0.25, 0.3) is 0 Å². The standard InChI is InChI=1S/C27H27BrFNO5/c1-15-24(27(32)35-11-10-33-2)25(16-8-9-20(29)19(28)12-16)26-21(30-15)13-17(14-22(26)31)18-6-4-5-7-23(18)34-3/h4-9,12,17,25,30H,10-11,13-14H2,1-3H3/t17-,25-/m0/s1. The van der Waals surface area contributed by atoms with Crippen LogP contribution < -0.4 is 10.1 Å². The number of carbonyl (C=O) groups is 2. The molecule has 2 atom stereocenters. The second kappa shape index (κ2) is 10.7. The second-order valence-electron chi connectivity index (χ2n) is 8.56. The fourth-order valence-electron chi connectivity index (χ4n) is 4.85. The third-order valence-corrected chi connectivity index (χ3v) is 7.03. The number of Topliss-reactive ketones (excluding diaryl/α,β-unsaturated/α-hetero) is 1. The van der Waals surface area contributed by atoms with Crippen LogP contribution in [0.15, 0.2) is 69.5 Å². The molecule has 1 aliphatic carbocycles. The molecule has 6 nitrogen and oxygen atoms in total. The highest BCUT2D eigenvalue weighted by atomic mass is 79.9. The zero-order valence-electron chi connectivity index (χ0n) is 19.8. The molecular weight excluding hydrogens is 517 g/mol. The summed E-state index contributed by atoms with van der Waals surface area (Å²) in [5, 5.41) is 3.31. The first kappa shape index (κ1) is 25.1. The molecule has 35 heavy (non-hydrogen) atoms. The number of esters is 1. The van der Waals surface area contributed by atoms with Gasteiger partial charge in [0.2, 0.25) is 0 Å². The molecule has 0 aromatic heterocycles. The lowest BCUT2D eigenvalue weighted by molar-refractivity contribution is -0.140. The summed E-state index contributed by atoms with van der Waals surface area (Å²) in [5.41, 5.74) is 3.80. The summed E-state index contributed by atoms with van der Waals surface area (Å²) in [4.78, 5) is 26.8. The molecule has 0 spiro atoms. The van der Waals surface area contributed by atoms with Gasteiger partial charge in [0.15, 0.2) is 5.78 Å². The van der Waals surface area contributed by atoms with Crippen molar-refractivity contribution in [3.63, 3.8) is 0 Å². The average molecular weight is 544 g/mol. The molecule has 1 N–H and O–H groups in total. The van der Waals surface area contributed by atoms with E-state index in [1.807, 2.05) is 24.3 Å². The lowest BCUT2D eigenvalue weighted by atomic mass is 9.71. The molecule has 0 unspecified atom stereocenters. The van der Waals surface area contributed by atoms with Gasteiger partial charge in [-0.05, 0) is 58.6 Å². The molecule has 1 heterocycles. The van der Waals surface area contributed by atoms with Gasteiger partial charge >= 0.3 is 5.97 Å². The molecule has 0 radical (unpaired) electrons. The Morgan fingerprint density at radius 1 is 1.14 bits per heavy atom. The number of benzene rings is 2. The summed E-state index contributed by atoms with van der Waals surface area (Å²) in [6.45, 7) is 2.13. The highest BCUT2D eigenvalue weighted by Crippen LogP contribution is 2.47. The quantitative estimate of drug-likeness (QED) is 0.384. The van der Waals surface area contributed by atoms with Crippen molar-refractivity contribution in [3.8, 4) is 5.75 Å². The van der Waals surface area contributed by atoms with Crippen molar-refractivity contribution < 1.29 is 28.2 Å². The van der Waals surface area contributed by atoms with E-state index >= 15 is 0 Å². The molecule has 2 aromatic carbocycles. The number of para-hydroxylation sites is 1. The molecule has 0 bridgehead atoms. The van der Waals surface area contributed by atoms with E-state index in [0.29, 0.717) is 28.8 Å². The number of nitrogens with one attached hydrogen (secondary N) is 1. The predicted octanol–water partition coefficient (Wildman–Crippen LogP) is 5.15. The van der Waals surface area contributed by atoms with E-state index in [2.05, 4.69) is 21.2 Å². The van der Waals surface area contributed by atoms with E-state index < -0.39 is 17.7 Å². The molecule has 0 fully saturated rings. The summed E-state index contributed by atoms with van der Waals surface area (Å²) >= 11 is 3.24. The summed E-state index contributed by atoms with van der Waals surface area (Å²) in [6.07, 6.45) is 0.842. The predicted molar refractivity (Wildman–Crippen MR) is 133 cm³/mol. The molecule has 2 aromatic rings. The summed E-state index contributed by atoms with van der Waals surface area (Å²) in [7, 11) is 3.14. The van der Waals surface area contributed by atoms with Gasteiger partial charge in [-0.3, -0.25) is 4.79 Å². The van der Waals surface area contributed by atoms with Crippen LogP contribution in [0.1, 0.15) is 42.7 Å². The van der Waals surface area contributed by atoms with Gasteiger partial charge in [-0.25, -0.2) is 9.18 Å². The molecule has 0 amide bonds. The van der Waals surface area contributed by atoms with E-state index in [0.717, 1.165) is 17.0 Å². The number of dihydropyridines is 1. The molecule has 0 saturated heterocycles. The molecule has 1 aliphatic heterocycles. The maximum atomic E-state index is 14.1. The van der Waals surface area contributed by atoms with Crippen LogP contribution >= 0.6 is 15.9 Å². The topological polar surface area (TPSA) is 73.9 Å². The minimum atomic E-state index is -0.677. The highest BCUT2D eigenvalue weighted by molar-refractivity contribution is 9.10. The summed E-state index contributed by atoms with van der Waals surface area (Å²) in [5.74, 6) is -1.05. The molecular formula is C27H27BrFNO5. The number of ether oxygens (including phenoxy) is 3. The number of allylic oxidation sites excluding steroid dienone is 3. The fourth-order valence-corrected chi connectivity index (χ4v) is 5.25. The summed E-state index contributed by atoms with van der Waals surface area (Å²) in [6, 6.07) is 12.2. The van der Waals surface area contributed by atoms with Crippen LogP contribution in [-0.4, -0.2) is 39.2 Å². The van der Waals surface area contributed by atoms with Crippen molar-refractivity contribution in [2.75, 3.05) is 27.4 Å². The van der Waals surface area contributed by atoms with Gasteiger partial charge in [-0.15, -0.1) is 0 Å². The third-order valence-electron chi connectivity index (χ3n) is 6.42. The van der Waals surface area contributed by atoms with E-state index in [9.17, 15) is 14.0 Å². The van der Waals surface area contributed by atoms with Gasteiger partial charge in [0.1, 0.15) is 18.2 Å². The first-order chi connectivity index (χ1) is 16.8. The largest absolute Gasteiger partial charge is 0.496 e. The Morgan fingerprint density at radius 3 is 2.63 bits per heavy atom. The monoisotopic (exact) mass is 543 g/mol. The zero-order valence-corrected chi connectivity index (χ0v) is 21.4. The number of methoxy groups -OCH3 is 2. The SMILES string of the molecule is COCCOC(=O)C1=C(C)NC2=C(C(=O)C[C@@H](c3ccccc3OC)C2)[C@H]1c1ccc(F)c(Br)c1. The minimum absolute atomic E-state index is 0.0743. The van der Waals surface area contributed by atoms with Crippen LogP contribution in [0.5, 0.6) is 5.75 Å². The Balaban J connectivity index is 1.78. The Bertz CT molecular complexity index is 1220. The van der Waals surface area contributed by atoms with E-state index in [-0.39, 0.29) is 35.8 Å². The van der Waals surface area contributed by atoms with Crippen LogP contribution in [0.4, 0.5) is 4.39 Å². The van der Waals surface area contributed by atoms with E-state index in [1.165, 1.54) is 13.2 Å². The normalized spacial score (nSPS) is 19.9. The van der Waals surface area contributed by atoms with Crippen LogP contribution in [0.3, 0.4) is 0 Å². The molecule has 8 heteroatoms. The van der Waals surface area contributed by atoms with Crippen LogP contribution in [0.2, 0.25) is 0 Å². The number of carbonyl (C=O) groups excluding carboxylic acids is 2.